The number of rotatable bonds is 5. The summed E-state index contributed by atoms with van der Waals surface area (Å²) in [5, 5.41) is 0.798. The summed E-state index contributed by atoms with van der Waals surface area (Å²) in [6.45, 7) is 0.429. The minimum atomic E-state index is -3.52. The summed E-state index contributed by atoms with van der Waals surface area (Å²) < 4.78 is 39.0. The predicted octanol–water partition coefficient (Wildman–Crippen LogP) is 2.28. The third-order valence-electron chi connectivity index (χ3n) is 3.00. The van der Waals surface area contributed by atoms with Crippen LogP contribution in [0.25, 0.3) is 0 Å². The normalized spacial score (nSPS) is 18.0. The minimum Gasteiger partial charge on any atom is -0.211 e. The van der Waals surface area contributed by atoms with Gasteiger partial charge in [0.25, 0.3) is 0 Å². The van der Waals surface area contributed by atoms with Gasteiger partial charge in [0, 0.05) is 11.9 Å². The van der Waals surface area contributed by atoms with Crippen molar-refractivity contribution in [1.82, 2.24) is 4.72 Å². The summed E-state index contributed by atoms with van der Waals surface area (Å²) in [5.41, 5.74) is 0.0765. The molecule has 1 fully saturated rings. The highest BCUT2D eigenvalue weighted by molar-refractivity contribution is 9.09. The zero-order valence-corrected chi connectivity index (χ0v) is 11.5. The highest BCUT2D eigenvalue weighted by Gasteiger charge is 2.42. The molecule has 0 amide bonds. The van der Waals surface area contributed by atoms with Crippen LogP contribution in [0.15, 0.2) is 29.2 Å². The van der Waals surface area contributed by atoms with E-state index in [1.165, 1.54) is 12.1 Å². The molecule has 0 atom stereocenters. The van der Waals surface area contributed by atoms with Crippen molar-refractivity contribution in [2.75, 3.05) is 11.9 Å². The Morgan fingerprint density at radius 1 is 1.29 bits per heavy atom. The first-order valence-corrected chi connectivity index (χ1v) is 7.89. The average molecular weight is 322 g/mol. The van der Waals surface area contributed by atoms with Gasteiger partial charge >= 0.3 is 0 Å². The molecule has 0 heterocycles. The molecule has 1 saturated carbocycles. The second-order valence-electron chi connectivity index (χ2n) is 4.41. The maximum atomic E-state index is 12.7. The fourth-order valence-corrected chi connectivity index (χ4v) is 3.40. The Morgan fingerprint density at radius 3 is 2.35 bits per heavy atom. The molecular weight excluding hydrogens is 309 g/mol. The highest BCUT2D eigenvalue weighted by atomic mass is 79.9. The maximum absolute atomic E-state index is 12.7. The summed E-state index contributed by atoms with van der Waals surface area (Å²) in [6.07, 6.45) is 2.06. The summed E-state index contributed by atoms with van der Waals surface area (Å²) in [7, 11) is -3.52. The maximum Gasteiger partial charge on any atom is 0.240 e. The Balaban J connectivity index is 2.06. The van der Waals surface area contributed by atoms with Crippen LogP contribution in [0.3, 0.4) is 0 Å². The quantitative estimate of drug-likeness (QED) is 0.846. The zero-order valence-electron chi connectivity index (χ0n) is 9.12. The average Bonchev–Trinajstić information content (AvgIpc) is 3.08. The predicted molar refractivity (Wildman–Crippen MR) is 67.0 cm³/mol. The molecule has 0 unspecified atom stereocenters. The van der Waals surface area contributed by atoms with E-state index in [2.05, 4.69) is 20.7 Å². The number of sulfonamides is 1. The van der Waals surface area contributed by atoms with Gasteiger partial charge in [-0.25, -0.2) is 17.5 Å². The van der Waals surface area contributed by atoms with Crippen molar-refractivity contribution in [2.45, 2.75) is 17.7 Å². The third kappa shape index (κ3) is 3.05. The molecule has 1 aromatic carbocycles. The Labute approximate surface area is 109 Å². The molecule has 0 radical (unpaired) electrons. The van der Waals surface area contributed by atoms with Crippen LogP contribution in [-0.4, -0.2) is 20.3 Å². The van der Waals surface area contributed by atoms with Gasteiger partial charge in [-0.15, -0.1) is 0 Å². The van der Waals surface area contributed by atoms with E-state index in [9.17, 15) is 12.8 Å². The molecule has 1 N–H and O–H groups in total. The lowest BCUT2D eigenvalue weighted by atomic mass is 10.1. The van der Waals surface area contributed by atoms with Crippen LogP contribution >= 0.6 is 15.9 Å². The number of nitrogens with one attached hydrogen (secondary N) is 1. The van der Waals surface area contributed by atoms with Crippen molar-refractivity contribution in [3.05, 3.63) is 30.1 Å². The van der Waals surface area contributed by atoms with Crippen LogP contribution in [0.2, 0.25) is 0 Å². The van der Waals surface area contributed by atoms with Gasteiger partial charge < -0.3 is 0 Å². The van der Waals surface area contributed by atoms with E-state index in [1.807, 2.05) is 0 Å². The molecule has 17 heavy (non-hydrogen) atoms. The van der Waals surface area contributed by atoms with Crippen LogP contribution in [0, 0.1) is 11.2 Å². The molecule has 0 saturated heterocycles. The lowest BCUT2D eigenvalue weighted by Gasteiger charge is -2.12. The van der Waals surface area contributed by atoms with Gasteiger partial charge in [-0.2, -0.15) is 0 Å². The molecule has 1 aromatic rings. The number of halogens is 2. The number of alkyl halides is 1. The third-order valence-corrected chi connectivity index (χ3v) is 5.61. The van der Waals surface area contributed by atoms with E-state index >= 15 is 0 Å². The van der Waals surface area contributed by atoms with Gasteiger partial charge in [0.2, 0.25) is 10.0 Å². The SMILES string of the molecule is O=S(=O)(NCC1(CBr)CC1)c1ccc(F)cc1. The molecule has 3 nitrogen and oxygen atoms in total. The lowest BCUT2D eigenvalue weighted by molar-refractivity contribution is 0.538. The van der Waals surface area contributed by atoms with E-state index in [0.29, 0.717) is 6.54 Å². The minimum absolute atomic E-state index is 0.0765. The first-order valence-electron chi connectivity index (χ1n) is 5.29. The van der Waals surface area contributed by atoms with Crippen molar-refractivity contribution in [2.24, 2.45) is 5.41 Å². The lowest BCUT2D eigenvalue weighted by Crippen LogP contribution is -2.31. The van der Waals surface area contributed by atoms with Crippen molar-refractivity contribution in [3.8, 4) is 0 Å². The molecule has 0 spiro atoms. The largest absolute Gasteiger partial charge is 0.240 e. The Bertz CT molecular complexity index is 497. The Hall–Kier alpha value is -0.460. The van der Waals surface area contributed by atoms with Crippen LogP contribution in [0.1, 0.15) is 12.8 Å². The Morgan fingerprint density at radius 2 is 1.88 bits per heavy atom. The monoisotopic (exact) mass is 321 g/mol. The highest BCUT2D eigenvalue weighted by Crippen LogP contribution is 2.46. The Kier molecular flexibility index (Phi) is 3.56. The van der Waals surface area contributed by atoms with Gasteiger partial charge in [-0.1, -0.05) is 15.9 Å². The molecule has 0 aliphatic heterocycles. The van der Waals surface area contributed by atoms with Gasteiger partial charge in [0.15, 0.2) is 0 Å². The fourth-order valence-electron chi connectivity index (χ4n) is 1.48. The number of hydrogen-bond acceptors (Lipinski definition) is 2. The number of benzene rings is 1. The van der Waals surface area contributed by atoms with E-state index in [0.717, 1.165) is 30.3 Å². The summed E-state index contributed by atoms with van der Waals surface area (Å²) in [4.78, 5) is 0.101. The van der Waals surface area contributed by atoms with Gasteiger partial charge in [-0.05, 0) is 42.5 Å². The number of hydrogen-bond donors (Lipinski definition) is 1. The molecule has 94 valence electrons. The van der Waals surface area contributed by atoms with Crippen molar-refractivity contribution in [1.29, 1.82) is 0 Å². The summed E-state index contributed by atoms with van der Waals surface area (Å²) in [5.74, 6) is -0.442. The van der Waals surface area contributed by atoms with E-state index in [4.69, 9.17) is 0 Å². The molecule has 0 bridgehead atoms. The molecule has 2 rings (SSSR count). The van der Waals surface area contributed by atoms with Crippen LogP contribution < -0.4 is 4.72 Å². The molecule has 6 heteroatoms. The summed E-state index contributed by atoms with van der Waals surface area (Å²) in [6, 6.07) is 4.83. The fraction of sp³-hybridized carbons (Fsp3) is 0.455. The topological polar surface area (TPSA) is 46.2 Å². The van der Waals surface area contributed by atoms with Gasteiger partial charge in [-0.3, -0.25) is 0 Å². The van der Waals surface area contributed by atoms with Crippen LogP contribution in [0.5, 0.6) is 0 Å². The first kappa shape index (κ1) is 13.0. The van der Waals surface area contributed by atoms with Crippen molar-refractivity contribution >= 4 is 26.0 Å². The molecule has 1 aliphatic rings. The van der Waals surface area contributed by atoms with E-state index in [-0.39, 0.29) is 10.3 Å². The standard InChI is InChI=1S/C11H13BrFNO2S/c12-7-11(5-6-11)8-14-17(15,16)10-3-1-9(13)2-4-10/h1-4,14H,5-8H2. The zero-order chi connectivity index (χ0) is 12.5. The first-order chi connectivity index (χ1) is 7.97. The van der Waals surface area contributed by atoms with Crippen molar-refractivity contribution in [3.63, 3.8) is 0 Å². The summed E-state index contributed by atoms with van der Waals surface area (Å²) >= 11 is 3.38. The molecule has 1 aliphatic carbocycles. The van der Waals surface area contributed by atoms with E-state index in [1.54, 1.807) is 0 Å². The molecule has 0 aromatic heterocycles. The van der Waals surface area contributed by atoms with Crippen LogP contribution in [-0.2, 0) is 10.0 Å². The van der Waals surface area contributed by atoms with E-state index < -0.39 is 15.8 Å². The van der Waals surface area contributed by atoms with Crippen LogP contribution in [0.4, 0.5) is 4.39 Å². The second kappa shape index (κ2) is 4.66. The molecular formula is C11H13BrFNO2S. The smallest absolute Gasteiger partial charge is 0.211 e. The van der Waals surface area contributed by atoms with Crippen molar-refractivity contribution < 1.29 is 12.8 Å². The van der Waals surface area contributed by atoms with Gasteiger partial charge in [0.1, 0.15) is 5.82 Å². The second-order valence-corrected chi connectivity index (χ2v) is 6.74. The van der Waals surface area contributed by atoms with Gasteiger partial charge in [0.05, 0.1) is 4.90 Å².